The number of anilines is 1. The number of hydrogen-bond acceptors (Lipinski definition) is 3. The third-order valence-corrected chi connectivity index (χ3v) is 5.04. The Hall–Kier alpha value is -2.14. The van der Waals surface area contributed by atoms with Crippen molar-refractivity contribution in [1.29, 1.82) is 0 Å². The van der Waals surface area contributed by atoms with E-state index in [9.17, 15) is 4.79 Å². The smallest absolute Gasteiger partial charge is 0.274 e. The minimum Gasteiger partial charge on any atom is -0.337 e. The van der Waals surface area contributed by atoms with E-state index < -0.39 is 0 Å². The first-order valence-electron chi connectivity index (χ1n) is 7.90. The lowest BCUT2D eigenvalue weighted by atomic mass is 10.1. The highest BCUT2D eigenvalue weighted by Crippen LogP contribution is 2.28. The average molecular weight is 327 g/mol. The fourth-order valence-corrected chi connectivity index (χ4v) is 3.66. The maximum atomic E-state index is 12.8. The van der Waals surface area contributed by atoms with Gasteiger partial charge in [0, 0.05) is 22.8 Å². The van der Waals surface area contributed by atoms with Gasteiger partial charge in [0.1, 0.15) is 5.69 Å². The zero-order valence-electron chi connectivity index (χ0n) is 13.9. The van der Waals surface area contributed by atoms with E-state index in [0.717, 1.165) is 40.8 Å². The van der Waals surface area contributed by atoms with Crippen LogP contribution in [0, 0.1) is 13.8 Å². The van der Waals surface area contributed by atoms with Gasteiger partial charge in [-0.15, -0.1) is 11.3 Å². The van der Waals surface area contributed by atoms with E-state index in [1.54, 1.807) is 0 Å². The number of hydrogen-bond donors (Lipinski definition) is 1. The van der Waals surface area contributed by atoms with Gasteiger partial charge in [-0.1, -0.05) is 13.0 Å². The summed E-state index contributed by atoms with van der Waals surface area (Å²) in [5.74, 6) is -0.0899. The number of aromatic nitrogens is 2. The van der Waals surface area contributed by atoms with Crippen LogP contribution in [0.5, 0.6) is 0 Å². The highest BCUT2D eigenvalue weighted by atomic mass is 32.1. The second-order valence-corrected chi connectivity index (χ2v) is 6.53. The molecule has 120 valence electrons. The van der Waals surface area contributed by atoms with Crippen molar-refractivity contribution in [3.05, 3.63) is 46.1 Å². The van der Waals surface area contributed by atoms with Gasteiger partial charge in [-0.3, -0.25) is 10.1 Å². The first-order chi connectivity index (χ1) is 11.0. The maximum absolute atomic E-state index is 12.8. The molecule has 3 rings (SSSR count). The van der Waals surface area contributed by atoms with Gasteiger partial charge in [-0.2, -0.15) is 0 Å². The Morgan fingerprint density at radius 2 is 2.09 bits per heavy atom. The summed E-state index contributed by atoms with van der Waals surface area (Å²) >= 11 is 1.45. The average Bonchev–Trinajstić information content (AvgIpc) is 3.07. The van der Waals surface area contributed by atoms with Gasteiger partial charge in [0.15, 0.2) is 5.13 Å². The van der Waals surface area contributed by atoms with E-state index in [4.69, 9.17) is 0 Å². The highest BCUT2D eigenvalue weighted by Gasteiger charge is 2.20. The van der Waals surface area contributed by atoms with Gasteiger partial charge in [-0.25, -0.2) is 4.98 Å². The van der Waals surface area contributed by atoms with Crippen LogP contribution in [0.1, 0.15) is 41.2 Å². The summed E-state index contributed by atoms with van der Waals surface area (Å²) < 4.78 is 2.08. The molecule has 3 aromatic rings. The lowest BCUT2D eigenvalue weighted by Crippen LogP contribution is -2.17. The molecule has 2 aromatic heterocycles. The quantitative estimate of drug-likeness (QED) is 0.764. The molecule has 0 aliphatic rings. The standard InChI is InChI=1S/C18H21N3OS/c1-5-13-7-8-15-14(9-13)12(4)16(21(15)6-2)17(22)20-18-19-11(3)10-23-18/h7-10H,5-6H2,1-4H3,(H,19,20,22). The molecule has 5 heteroatoms. The molecule has 0 spiro atoms. The first-order valence-corrected chi connectivity index (χ1v) is 8.78. The molecule has 0 radical (unpaired) electrons. The molecule has 1 N–H and O–H groups in total. The zero-order chi connectivity index (χ0) is 16.6. The van der Waals surface area contributed by atoms with Gasteiger partial charge < -0.3 is 4.57 Å². The molecule has 0 saturated heterocycles. The second kappa shape index (κ2) is 6.16. The number of carbonyl (C=O) groups excluding carboxylic acids is 1. The molecule has 0 fully saturated rings. The molecular weight excluding hydrogens is 306 g/mol. The largest absolute Gasteiger partial charge is 0.337 e. The van der Waals surface area contributed by atoms with E-state index in [2.05, 4.69) is 46.9 Å². The lowest BCUT2D eigenvalue weighted by Gasteiger charge is -2.08. The number of thiazole rings is 1. The van der Waals surface area contributed by atoms with Crippen LogP contribution in [0.2, 0.25) is 0 Å². The fraction of sp³-hybridized carbons (Fsp3) is 0.333. The van der Waals surface area contributed by atoms with Gasteiger partial charge in [0.05, 0.1) is 5.69 Å². The normalized spacial score (nSPS) is 11.1. The maximum Gasteiger partial charge on any atom is 0.274 e. The van der Waals surface area contributed by atoms with Crippen molar-refractivity contribution in [2.75, 3.05) is 5.32 Å². The predicted octanol–water partition coefficient (Wildman–Crippen LogP) is 4.55. The van der Waals surface area contributed by atoms with Crippen LogP contribution in [-0.4, -0.2) is 15.5 Å². The summed E-state index contributed by atoms with van der Waals surface area (Å²) in [5.41, 5.74) is 5.08. The Labute approximate surface area is 140 Å². The molecule has 0 saturated carbocycles. The molecule has 0 bridgehead atoms. The molecular formula is C18H21N3OS. The van der Waals surface area contributed by atoms with Gasteiger partial charge in [-0.05, 0) is 50.5 Å². The van der Waals surface area contributed by atoms with Crippen LogP contribution < -0.4 is 5.32 Å². The SMILES string of the molecule is CCc1ccc2c(c1)c(C)c(C(=O)Nc1nc(C)cs1)n2CC. The Kier molecular flexibility index (Phi) is 4.22. The van der Waals surface area contributed by atoms with Crippen LogP contribution in [0.15, 0.2) is 23.6 Å². The Balaban J connectivity index is 2.08. The number of benzene rings is 1. The van der Waals surface area contributed by atoms with Crippen molar-refractivity contribution in [3.63, 3.8) is 0 Å². The second-order valence-electron chi connectivity index (χ2n) is 5.67. The van der Waals surface area contributed by atoms with Crippen LogP contribution in [0.3, 0.4) is 0 Å². The van der Waals surface area contributed by atoms with Crippen molar-refractivity contribution in [1.82, 2.24) is 9.55 Å². The summed E-state index contributed by atoms with van der Waals surface area (Å²) in [5, 5.41) is 6.67. The van der Waals surface area contributed by atoms with Crippen molar-refractivity contribution >= 4 is 33.3 Å². The topological polar surface area (TPSA) is 46.9 Å². The van der Waals surface area contributed by atoms with Crippen LogP contribution >= 0.6 is 11.3 Å². The lowest BCUT2D eigenvalue weighted by molar-refractivity contribution is 0.101. The molecule has 1 aromatic carbocycles. The molecule has 0 atom stereocenters. The first kappa shape index (κ1) is 15.7. The number of rotatable bonds is 4. The van der Waals surface area contributed by atoms with Crippen molar-refractivity contribution in [3.8, 4) is 0 Å². The number of carbonyl (C=O) groups is 1. The summed E-state index contributed by atoms with van der Waals surface area (Å²) in [6, 6.07) is 6.45. The molecule has 0 unspecified atom stereocenters. The number of fused-ring (bicyclic) bond motifs is 1. The molecule has 0 aliphatic carbocycles. The van der Waals surface area contributed by atoms with Crippen LogP contribution in [0.25, 0.3) is 10.9 Å². The minimum absolute atomic E-state index is 0.0899. The molecule has 0 aliphatic heterocycles. The Morgan fingerprint density at radius 3 is 2.70 bits per heavy atom. The van der Waals surface area contributed by atoms with E-state index in [1.165, 1.54) is 16.9 Å². The van der Waals surface area contributed by atoms with Gasteiger partial charge in [0.2, 0.25) is 0 Å². The summed E-state index contributed by atoms with van der Waals surface area (Å²) in [4.78, 5) is 17.1. The monoisotopic (exact) mass is 327 g/mol. The molecule has 23 heavy (non-hydrogen) atoms. The highest BCUT2D eigenvalue weighted by molar-refractivity contribution is 7.13. The number of nitrogens with zero attached hydrogens (tertiary/aromatic N) is 2. The Bertz CT molecular complexity index is 876. The molecule has 2 heterocycles. The molecule has 4 nitrogen and oxygen atoms in total. The summed E-state index contributed by atoms with van der Waals surface area (Å²) in [6.45, 7) is 8.92. The summed E-state index contributed by atoms with van der Waals surface area (Å²) in [7, 11) is 0. The predicted molar refractivity (Wildman–Crippen MR) is 96.5 cm³/mol. The fourth-order valence-electron chi connectivity index (χ4n) is 2.98. The number of amides is 1. The van der Waals surface area contributed by atoms with Gasteiger partial charge >= 0.3 is 0 Å². The third-order valence-electron chi connectivity index (χ3n) is 4.16. The molecule has 1 amide bonds. The zero-order valence-corrected chi connectivity index (χ0v) is 14.8. The van der Waals surface area contributed by atoms with Crippen molar-refractivity contribution in [2.45, 2.75) is 40.7 Å². The Morgan fingerprint density at radius 1 is 1.30 bits per heavy atom. The third kappa shape index (κ3) is 2.77. The summed E-state index contributed by atoms with van der Waals surface area (Å²) in [6.07, 6.45) is 0.993. The number of aryl methyl sites for hydroxylation is 4. The van der Waals surface area contributed by atoms with Crippen LogP contribution in [-0.2, 0) is 13.0 Å². The van der Waals surface area contributed by atoms with Crippen molar-refractivity contribution < 1.29 is 4.79 Å². The van der Waals surface area contributed by atoms with E-state index in [-0.39, 0.29) is 5.91 Å². The minimum atomic E-state index is -0.0899. The van der Waals surface area contributed by atoms with E-state index >= 15 is 0 Å². The number of nitrogens with one attached hydrogen (secondary N) is 1. The van der Waals surface area contributed by atoms with E-state index in [1.807, 2.05) is 19.2 Å². The van der Waals surface area contributed by atoms with Gasteiger partial charge in [0.25, 0.3) is 5.91 Å². The van der Waals surface area contributed by atoms with Crippen molar-refractivity contribution in [2.24, 2.45) is 0 Å². The van der Waals surface area contributed by atoms with Crippen LogP contribution in [0.4, 0.5) is 5.13 Å². The van der Waals surface area contributed by atoms with E-state index in [0.29, 0.717) is 5.13 Å².